The van der Waals surface area contributed by atoms with E-state index in [9.17, 15) is 8.42 Å². The van der Waals surface area contributed by atoms with E-state index >= 15 is 0 Å². The molecule has 1 N–H and O–H groups in total. The lowest BCUT2D eigenvalue weighted by atomic mass is 10.0. The molecule has 1 unspecified atom stereocenters. The van der Waals surface area contributed by atoms with Gasteiger partial charge in [-0.3, -0.25) is 0 Å². The van der Waals surface area contributed by atoms with Crippen LogP contribution in [0.2, 0.25) is 0 Å². The van der Waals surface area contributed by atoms with Crippen LogP contribution >= 0.6 is 0 Å². The molecule has 5 heteroatoms. The average molecular weight is 278 g/mol. The van der Waals surface area contributed by atoms with Gasteiger partial charge >= 0.3 is 0 Å². The summed E-state index contributed by atoms with van der Waals surface area (Å²) in [6.07, 6.45) is 1.29. The zero-order chi connectivity index (χ0) is 14.3. The molecule has 18 heavy (non-hydrogen) atoms. The van der Waals surface area contributed by atoms with E-state index in [-0.39, 0.29) is 5.75 Å². The van der Waals surface area contributed by atoms with Crippen LogP contribution in [0, 0.1) is 11.8 Å². The van der Waals surface area contributed by atoms with Crippen molar-refractivity contribution in [2.75, 3.05) is 38.7 Å². The summed E-state index contributed by atoms with van der Waals surface area (Å²) < 4.78 is 22.4. The summed E-state index contributed by atoms with van der Waals surface area (Å²) in [5, 5.41) is 3.45. The van der Waals surface area contributed by atoms with Crippen LogP contribution < -0.4 is 5.32 Å². The van der Waals surface area contributed by atoms with Crippen LogP contribution in [0.1, 0.15) is 27.7 Å². The molecule has 0 saturated heterocycles. The van der Waals surface area contributed by atoms with Crippen molar-refractivity contribution in [2.24, 2.45) is 11.8 Å². The Labute approximate surface area is 113 Å². The van der Waals surface area contributed by atoms with Gasteiger partial charge in [0.05, 0.1) is 5.75 Å². The van der Waals surface area contributed by atoms with Crippen molar-refractivity contribution in [1.29, 1.82) is 0 Å². The molecule has 0 radical (unpaired) electrons. The normalized spacial score (nSPS) is 14.7. The lowest BCUT2D eigenvalue weighted by Crippen LogP contribution is -2.45. The van der Waals surface area contributed by atoms with Gasteiger partial charge in [0.2, 0.25) is 0 Å². The third-order valence-corrected chi connectivity index (χ3v) is 3.98. The molecule has 0 rings (SSSR count). The van der Waals surface area contributed by atoms with Gasteiger partial charge in [0, 0.05) is 25.4 Å². The summed E-state index contributed by atoms with van der Waals surface area (Å²) in [6, 6.07) is 0.380. The highest BCUT2D eigenvalue weighted by Gasteiger charge is 2.19. The van der Waals surface area contributed by atoms with Crippen LogP contribution in [-0.2, 0) is 9.84 Å². The average Bonchev–Trinajstić information content (AvgIpc) is 2.19. The smallest absolute Gasteiger partial charge is 0.148 e. The van der Waals surface area contributed by atoms with Crippen LogP contribution in [0.25, 0.3) is 0 Å². The minimum atomic E-state index is -2.87. The molecule has 0 spiro atoms. The summed E-state index contributed by atoms with van der Waals surface area (Å²) in [5.41, 5.74) is 0. The fourth-order valence-electron chi connectivity index (χ4n) is 1.90. The number of likely N-dealkylation sites (N-methyl/N-ethyl adjacent to an activating group) is 1. The molecule has 0 saturated carbocycles. The van der Waals surface area contributed by atoms with Crippen molar-refractivity contribution in [2.45, 2.75) is 33.7 Å². The number of sulfone groups is 1. The van der Waals surface area contributed by atoms with Crippen molar-refractivity contribution in [3.63, 3.8) is 0 Å². The fourth-order valence-corrected chi connectivity index (χ4v) is 2.52. The van der Waals surface area contributed by atoms with E-state index in [0.29, 0.717) is 24.4 Å². The Hall–Kier alpha value is -0.130. The first-order valence-corrected chi connectivity index (χ1v) is 8.78. The third kappa shape index (κ3) is 8.89. The van der Waals surface area contributed by atoms with Crippen molar-refractivity contribution < 1.29 is 8.42 Å². The van der Waals surface area contributed by atoms with Crippen LogP contribution in [0.15, 0.2) is 0 Å². The van der Waals surface area contributed by atoms with E-state index in [2.05, 4.69) is 37.9 Å². The molecular formula is C13H30N2O2S. The highest BCUT2D eigenvalue weighted by atomic mass is 32.2. The predicted molar refractivity (Wildman–Crippen MR) is 78.7 cm³/mol. The first kappa shape index (κ1) is 17.9. The molecule has 0 aliphatic carbocycles. The van der Waals surface area contributed by atoms with Crippen molar-refractivity contribution in [3.8, 4) is 0 Å². The van der Waals surface area contributed by atoms with Gasteiger partial charge in [0.1, 0.15) is 9.84 Å². The van der Waals surface area contributed by atoms with Gasteiger partial charge in [-0.25, -0.2) is 8.42 Å². The summed E-state index contributed by atoms with van der Waals surface area (Å²) >= 11 is 0. The second-order valence-electron chi connectivity index (χ2n) is 5.97. The molecule has 0 aliphatic rings. The lowest BCUT2D eigenvalue weighted by Gasteiger charge is -2.31. The second kappa shape index (κ2) is 8.12. The number of hydrogen-bond donors (Lipinski definition) is 1. The number of hydrogen-bond acceptors (Lipinski definition) is 4. The van der Waals surface area contributed by atoms with E-state index in [1.165, 1.54) is 6.26 Å². The van der Waals surface area contributed by atoms with Crippen molar-refractivity contribution in [3.05, 3.63) is 0 Å². The Morgan fingerprint density at radius 2 is 1.67 bits per heavy atom. The van der Waals surface area contributed by atoms with Crippen molar-refractivity contribution >= 4 is 9.84 Å². The molecule has 0 aliphatic heterocycles. The highest BCUT2D eigenvalue weighted by Crippen LogP contribution is 2.08. The largest absolute Gasteiger partial charge is 0.315 e. The van der Waals surface area contributed by atoms with E-state index in [1.54, 1.807) is 0 Å². The lowest BCUT2D eigenvalue weighted by molar-refractivity contribution is 0.195. The topological polar surface area (TPSA) is 49.4 Å². The molecular weight excluding hydrogens is 248 g/mol. The maximum atomic E-state index is 11.2. The van der Waals surface area contributed by atoms with Crippen LogP contribution in [0.4, 0.5) is 0 Å². The number of nitrogens with one attached hydrogen (secondary N) is 1. The SMILES string of the molecule is CC(C)CNCC(C(C)C)N(C)CCS(C)(=O)=O. The van der Waals surface area contributed by atoms with Gasteiger partial charge in [-0.2, -0.15) is 0 Å². The monoisotopic (exact) mass is 278 g/mol. The predicted octanol–water partition coefficient (Wildman–Crippen LogP) is 1.23. The molecule has 0 bridgehead atoms. The Morgan fingerprint density at radius 3 is 2.06 bits per heavy atom. The van der Waals surface area contributed by atoms with E-state index in [4.69, 9.17) is 0 Å². The second-order valence-corrected chi connectivity index (χ2v) is 8.23. The van der Waals surface area contributed by atoms with Crippen LogP contribution in [0.3, 0.4) is 0 Å². The molecule has 4 nitrogen and oxygen atoms in total. The minimum Gasteiger partial charge on any atom is -0.315 e. The van der Waals surface area contributed by atoms with E-state index in [0.717, 1.165) is 13.1 Å². The molecule has 0 aromatic rings. The van der Waals surface area contributed by atoms with Gasteiger partial charge in [0.15, 0.2) is 0 Å². The van der Waals surface area contributed by atoms with Gasteiger partial charge < -0.3 is 10.2 Å². The van der Waals surface area contributed by atoms with Crippen LogP contribution in [-0.4, -0.2) is 58.1 Å². The maximum Gasteiger partial charge on any atom is 0.148 e. The first-order chi connectivity index (χ1) is 8.13. The molecule has 0 fully saturated rings. The molecule has 0 aromatic carbocycles. The third-order valence-electron chi connectivity index (χ3n) is 3.06. The maximum absolute atomic E-state index is 11.2. The molecule has 110 valence electrons. The Balaban J connectivity index is 4.23. The van der Waals surface area contributed by atoms with E-state index < -0.39 is 9.84 Å². The minimum absolute atomic E-state index is 0.233. The Bertz CT molecular complexity index is 313. The Kier molecular flexibility index (Phi) is 8.06. The van der Waals surface area contributed by atoms with Gasteiger partial charge in [-0.1, -0.05) is 27.7 Å². The molecule has 1 atom stereocenters. The number of nitrogens with zero attached hydrogens (tertiary/aromatic N) is 1. The fraction of sp³-hybridized carbons (Fsp3) is 1.00. The summed E-state index contributed by atoms with van der Waals surface area (Å²) in [7, 11) is -0.868. The standard InChI is InChI=1S/C13H30N2O2S/c1-11(2)9-14-10-13(12(3)4)15(5)7-8-18(6,16)17/h11-14H,7-10H2,1-6H3. The molecule has 0 heterocycles. The van der Waals surface area contributed by atoms with Gasteiger partial charge in [0.25, 0.3) is 0 Å². The summed E-state index contributed by atoms with van der Waals surface area (Å²) in [4.78, 5) is 2.15. The molecule has 0 aromatic heterocycles. The summed E-state index contributed by atoms with van der Waals surface area (Å²) in [5.74, 6) is 1.38. The zero-order valence-electron chi connectivity index (χ0n) is 12.7. The number of rotatable bonds is 9. The van der Waals surface area contributed by atoms with E-state index in [1.807, 2.05) is 7.05 Å². The summed E-state index contributed by atoms with van der Waals surface area (Å²) in [6.45, 7) is 11.2. The first-order valence-electron chi connectivity index (χ1n) is 6.72. The quantitative estimate of drug-likeness (QED) is 0.689. The van der Waals surface area contributed by atoms with Crippen molar-refractivity contribution in [1.82, 2.24) is 10.2 Å². The van der Waals surface area contributed by atoms with Crippen LogP contribution in [0.5, 0.6) is 0 Å². The zero-order valence-corrected chi connectivity index (χ0v) is 13.5. The van der Waals surface area contributed by atoms with Gasteiger partial charge in [-0.05, 0) is 25.4 Å². The molecule has 0 amide bonds. The Morgan fingerprint density at radius 1 is 1.11 bits per heavy atom. The highest BCUT2D eigenvalue weighted by molar-refractivity contribution is 7.90. The van der Waals surface area contributed by atoms with Gasteiger partial charge in [-0.15, -0.1) is 0 Å².